The second kappa shape index (κ2) is 11.2. The van der Waals surface area contributed by atoms with Crippen molar-refractivity contribution in [2.24, 2.45) is 0 Å². The molecule has 1 aromatic carbocycles. The van der Waals surface area contributed by atoms with Crippen LogP contribution in [-0.2, 0) is 23.9 Å². The van der Waals surface area contributed by atoms with E-state index in [4.69, 9.17) is 14.2 Å². The lowest BCUT2D eigenvalue weighted by atomic mass is 10.2. The zero-order valence-corrected chi connectivity index (χ0v) is 16.7. The molecular weight excluding hydrogens is 382 g/mol. The monoisotopic (exact) mass is 405 g/mol. The van der Waals surface area contributed by atoms with Gasteiger partial charge in [-0.3, -0.25) is 4.79 Å². The predicted octanol–water partition coefficient (Wildman–Crippen LogP) is 2.62. The standard InChI is InChI=1S/C20H23NO6S/c1-3-25-16-8-5-15(6-9-16)7-10-19(23)27-12-11-21-17(22)14-28-18(21)13-20(24)26-4-2/h5-10,13H,3-4,11-12,14H2,1-2H3/b10-7+,18-13-. The molecule has 0 N–H and O–H groups in total. The van der Waals surface area contributed by atoms with Crippen LogP contribution in [0.3, 0.4) is 0 Å². The Labute approximate surface area is 168 Å². The molecule has 1 fully saturated rings. The van der Waals surface area contributed by atoms with Crippen LogP contribution in [0.25, 0.3) is 6.08 Å². The first-order valence-electron chi connectivity index (χ1n) is 8.92. The third-order valence-corrected chi connectivity index (χ3v) is 4.63. The van der Waals surface area contributed by atoms with Crippen LogP contribution in [0, 0.1) is 0 Å². The predicted molar refractivity (Wildman–Crippen MR) is 106 cm³/mol. The third-order valence-electron chi connectivity index (χ3n) is 3.60. The van der Waals surface area contributed by atoms with Crippen LogP contribution in [0.4, 0.5) is 0 Å². The van der Waals surface area contributed by atoms with Gasteiger partial charge < -0.3 is 19.1 Å². The van der Waals surface area contributed by atoms with Crippen LogP contribution in [-0.4, -0.2) is 54.9 Å². The summed E-state index contributed by atoms with van der Waals surface area (Å²) in [6.07, 6.45) is 4.25. The van der Waals surface area contributed by atoms with Gasteiger partial charge in [0, 0.05) is 6.08 Å². The second-order valence-corrected chi connectivity index (χ2v) is 6.57. The van der Waals surface area contributed by atoms with Crippen molar-refractivity contribution in [3.63, 3.8) is 0 Å². The van der Waals surface area contributed by atoms with E-state index < -0.39 is 11.9 Å². The van der Waals surface area contributed by atoms with E-state index in [0.717, 1.165) is 11.3 Å². The molecule has 1 heterocycles. The van der Waals surface area contributed by atoms with Crippen molar-refractivity contribution >= 4 is 35.7 Å². The summed E-state index contributed by atoms with van der Waals surface area (Å²) in [4.78, 5) is 36.8. The zero-order chi connectivity index (χ0) is 20.4. The summed E-state index contributed by atoms with van der Waals surface area (Å²) < 4.78 is 15.4. The topological polar surface area (TPSA) is 82.1 Å². The van der Waals surface area contributed by atoms with Crippen LogP contribution in [0.5, 0.6) is 5.75 Å². The summed E-state index contributed by atoms with van der Waals surface area (Å²) in [5.41, 5.74) is 0.839. The van der Waals surface area contributed by atoms with E-state index >= 15 is 0 Å². The minimum Gasteiger partial charge on any atom is -0.494 e. The summed E-state index contributed by atoms with van der Waals surface area (Å²) in [6.45, 7) is 4.68. The van der Waals surface area contributed by atoms with Gasteiger partial charge in [-0.1, -0.05) is 23.9 Å². The molecule has 1 saturated heterocycles. The SMILES string of the molecule is CCOC(=O)/C=C1\SCC(=O)N1CCOC(=O)/C=C/c1ccc(OCC)cc1. The second-order valence-electron chi connectivity index (χ2n) is 5.57. The van der Waals surface area contributed by atoms with Gasteiger partial charge in [0.05, 0.1) is 36.6 Å². The molecule has 1 aliphatic rings. The number of ether oxygens (including phenoxy) is 3. The van der Waals surface area contributed by atoms with Crippen molar-refractivity contribution in [3.8, 4) is 5.75 Å². The Morgan fingerprint density at radius 3 is 2.54 bits per heavy atom. The Bertz CT molecular complexity index is 756. The third kappa shape index (κ3) is 6.77. The van der Waals surface area contributed by atoms with E-state index in [1.54, 1.807) is 13.0 Å². The van der Waals surface area contributed by atoms with Crippen molar-refractivity contribution in [1.29, 1.82) is 0 Å². The molecule has 150 valence electrons. The Balaban J connectivity index is 1.81. The summed E-state index contributed by atoms with van der Waals surface area (Å²) in [7, 11) is 0. The van der Waals surface area contributed by atoms with E-state index in [-0.39, 0.29) is 31.4 Å². The quantitative estimate of drug-likeness (QED) is 0.461. The Hall–Kier alpha value is -2.74. The lowest BCUT2D eigenvalue weighted by molar-refractivity contribution is -0.140. The lowest BCUT2D eigenvalue weighted by Gasteiger charge is -2.16. The molecule has 8 heteroatoms. The highest BCUT2D eigenvalue weighted by Gasteiger charge is 2.27. The zero-order valence-electron chi connectivity index (χ0n) is 15.9. The van der Waals surface area contributed by atoms with Gasteiger partial charge in [-0.2, -0.15) is 0 Å². The summed E-state index contributed by atoms with van der Waals surface area (Å²) in [6, 6.07) is 7.31. The minimum atomic E-state index is -0.510. The molecule has 1 aliphatic heterocycles. The number of hydrogen-bond acceptors (Lipinski definition) is 7. The minimum absolute atomic E-state index is 0.0267. The van der Waals surface area contributed by atoms with Gasteiger partial charge in [-0.15, -0.1) is 0 Å². The van der Waals surface area contributed by atoms with Crippen molar-refractivity contribution in [1.82, 2.24) is 4.90 Å². The maximum atomic E-state index is 11.9. The highest BCUT2D eigenvalue weighted by Crippen LogP contribution is 2.28. The maximum Gasteiger partial charge on any atom is 0.333 e. The van der Waals surface area contributed by atoms with Gasteiger partial charge in [0.15, 0.2) is 0 Å². The molecule has 0 bridgehead atoms. The molecule has 7 nitrogen and oxygen atoms in total. The molecule has 0 saturated carbocycles. The number of rotatable bonds is 9. The molecule has 0 spiro atoms. The summed E-state index contributed by atoms with van der Waals surface area (Å²) in [5, 5.41) is 0.504. The Morgan fingerprint density at radius 2 is 1.86 bits per heavy atom. The first-order chi connectivity index (χ1) is 13.5. The molecular formula is C20H23NO6S. The average Bonchev–Trinajstić information content (AvgIpc) is 3.01. The molecule has 2 rings (SSSR count). The number of esters is 2. The van der Waals surface area contributed by atoms with Gasteiger partial charge >= 0.3 is 11.9 Å². The first-order valence-corrected chi connectivity index (χ1v) is 9.91. The maximum absolute atomic E-state index is 11.9. The average molecular weight is 405 g/mol. The fourth-order valence-electron chi connectivity index (χ4n) is 2.35. The van der Waals surface area contributed by atoms with Crippen LogP contribution < -0.4 is 4.74 Å². The van der Waals surface area contributed by atoms with Crippen molar-refractivity contribution in [2.45, 2.75) is 13.8 Å². The molecule has 0 aromatic heterocycles. The van der Waals surface area contributed by atoms with E-state index in [2.05, 4.69) is 0 Å². The normalized spacial score (nSPS) is 15.3. The molecule has 0 aliphatic carbocycles. The van der Waals surface area contributed by atoms with E-state index in [1.807, 2.05) is 31.2 Å². The van der Waals surface area contributed by atoms with Crippen LogP contribution in [0.2, 0.25) is 0 Å². The highest BCUT2D eigenvalue weighted by atomic mass is 32.2. The summed E-state index contributed by atoms with van der Waals surface area (Å²) >= 11 is 1.26. The van der Waals surface area contributed by atoms with Crippen molar-refractivity contribution < 1.29 is 28.6 Å². The fourth-order valence-corrected chi connectivity index (χ4v) is 3.30. The molecule has 1 amide bonds. The van der Waals surface area contributed by atoms with Gasteiger partial charge in [-0.25, -0.2) is 9.59 Å². The van der Waals surface area contributed by atoms with Crippen LogP contribution in [0.15, 0.2) is 41.4 Å². The number of hydrogen-bond donors (Lipinski definition) is 0. The lowest BCUT2D eigenvalue weighted by Crippen LogP contribution is -2.29. The number of thioether (sulfide) groups is 1. The van der Waals surface area contributed by atoms with Crippen LogP contribution in [0.1, 0.15) is 19.4 Å². The van der Waals surface area contributed by atoms with Crippen LogP contribution >= 0.6 is 11.8 Å². The highest BCUT2D eigenvalue weighted by molar-refractivity contribution is 8.04. The fraction of sp³-hybridized carbons (Fsp3) is 0.350. The Kier molecular flexibility index (Phi) is 8.61. The van der Waals surface area contributed by atoms with Crippen molar-refractivity contribution in [2.75, 3.05) is 32.1 Å². The van der Waals surface area contributed by atoms with Crippen molar-refractivity contribution in [3.05, 3.63) is 47.0 Å². The number of benzene rings is 1. The first kappa shape index (κ1) is 21.6. The smallest absolute Gasteiger partial charge is 0.333 e. The van der Waals surface area contributed by atoms with Gasteiger partial charge in [0.1, 0.15) is 12.4 Å². The number of carbonyl (C=O) groups is 3. The largest absolute Gasteiger partial charge is 0.494 e. The van der Waals surface area contributed by atoms with E-state index in [0.29, 0.717) is 11.6 Å². The van der Waals surface area contributed by atoms with E-state index in [9.17, 15) is 14.4 Å². The summed E-state index contributed by atoms with van der Waals surface area (Å²) in [5.74, 6) is -0.135. The molecule has 0 unspecified atom stereocenters. The van der Waals surface area contributed by atoms with Gasteiger partial charge in [-0.05, 0) is 37.6 Å². The van der Waals surface area contributed by atoms with E-state index in [1.165, 1.54) is 28.8 Å². The number of nitrogens with zero attached hydrogens (tertiary/aromatic N) is 1. The molecule has 0 radical (unpaired) electrons. The molecule has 1 aromatic rings. The van der Waals surface area contributed by atoms with Gasteiger partial charge in [0.2, 0.25) is 5.91 Å². The molecule has 28 heavy (non-hydrogen) atoms. The Morgan fingerprint density at radius 1 is 1.11 bits per heavy atom. The number of amides is 1. The molecule has 0 atom stereocenters. The number of carbonyl (C=O) groups excluding carboxylic acids is 3. The van der Waals surface area contributed by atoms with Gasteiger partial charge in [0.25, 0.3) is 0 Å².